The first-order chi connectivity index (χ1) is 12.2. The van der Waals surface area contributed by atoms with Gasteiger partial charge >= 0.3 is 6.18 Å². The smallest absolute Gasteiger partial charge is 0.356 e. The van der Waals surface area contributed by atoms with Crippen molar-refractivity contribution < 1.29 is 22.8 Å². The van der Waals surface area contributed by atoms with Crippen LogP contribution >= 0.6 is 11.6 Å². The first-order valence-corrected chi connectivity index (χ1v) is 9.05. The highest BCUT2D eigenvalue weighted by Crippen LogP contribution is 2.35. The minimum Gasteiger partial charge on any atom is -0.356 e. The number of carbonyl (C=O) groups is 2. The molecule has 144 valence electrons. The van der Waals surface area contributed by atoms with Gasteiger partial charge in [-0.1, -0.05) is 18.5 Å². The number of hydrogen-bond acceptors (Lipinski definition) is 2. The van der Waals surface area contributed by atoms with Crippen LogP contribution < -0.4 is 10.6 Å². The van der Waals surface area contributed by atoms with Gasteiger partial charge in [-0.2, -0.15) is 13.2 Å². The molecular weight excluding hydrogens is 369 g/mol. The average molecular weight is 391 g/mol. The van der Waals surface area contributed by atoms with Gasteiger partial charge in [0.2, 0.25) is 11.8 Å². The number of rotatable bonds is 5. The Morgan fingerprint density at radius 2 is 1.69 bits per heavy atom. The van der Waals surface area contributed by atoms with Crippen molar-refractivity contribution >= 4 is 29.1 Å². The lowest BCUT2D eigenvalue weighted by atomic mass is 9.81. The number of hydrogen-bond donors (Lipinski definition) is 2. The number of halogens is 4. The summed E-state index contributed by atoms with van der Waals surface area (Å²) in [4.78, 5) is 24.3. The predicted octanol–water partition coefficient (Wildman–Crippen LogP) is 4.63. The molecule has 0 atom stereocenters. The first kappa shape index (κ1) is 20.6. The zero-order valence-electron chi connectivity index (χ0n) is 14.5. The zero-order chi connectivity index (χ0) is 19.3. The van der Waals surface area contributed by atoms with Gasteiger partial charge in [0, 0.05) is 18.4 Å². The minimum absolute atomic E-state index is 0.00614. The van der Waals surface area contributed by atoms with Crippen LogP contribution in [0.5, 0.6) is 0 Å². The zero-order valence-corrected chi connectivity index (χ0v) is 15.2. The van der Waals surface area contributed by atoms with Crippen molar-refractivity contribution in [1.29, 1.82) is 0 Å². The molecule has 1 aliphatic rings. The molecule has 1 fully saturated rings. The fourth-order valence-corrected chi connectivity index (χ4v) is 3.21. The standard InChI is InChI=1S/C18H22ClF3N2O2/c1-2-9-23-16(25)11-3-5-12(6-4-11)17(26)24-15-10-13(18(20,21)22)7-8-14(15)19/h7-8,10-12H,2-6,9H2,1H3,(H,23,25)(H,24,26). The third-order valence-corrected chi connectivity index (χ3v) is 4.90. The number of nitrogens with one attached hydrogen (secondary N) is 2. The number of carbonyl (C=O) groups excluding carboxylic acids is 2. The molecule has 0 saturated heterocycles. The highest BCUT2D eigenvalue weighted by Gasteiger charge is 2.32. The monoisotopic (exact) mass is 390 g/mol. The molecule has 26 heavy (non-hydrogen) atoms. The summed E-state index contributed by atoms with van der Waals surface area (Å²) in [6, 6.07) is 2.83. The molecule has 2 amide bonds. The lowest BCUT2D eigenvalue weighted by Crippen LogP contribution is -2.35. The topological polar surface area (TPSA) is 58.2 Å². The molecular formula is C18H22ClF3N2O2. The van der Waals surface area contributed by atoms with Gasteiger partial charge in [0.25, 0.3) is 0 Å². The molecule has 2 rings (SSSR count). The summed E-state index contributed by atoms with van der Waals surface area (Å²) in [5.41, 5.74) is -0.914. The van der Waals surface area contributed by atoms with Crippen LogP contribution in [0.4, 0.5) is 18.9 Å². The lowest BCUT2D eigenvalue weighted by Gasteiger charge is -2.27. The molecule has 8 heteroatoms. The van der Waals surface area contributed by atoms with Crippen molar-refractivity contribution in [2.24, 2.45) is 11.8 Å². The van der Waals surface area contributed by atoms with E-state index in [4.69, 9.17) is 11.6 Å². The summed E-state index contributed by atoms with van der Waals surface area (Å²) < 4.78 is 38.4. The van der Waals surface area contributed by atoms with Gasteiger partial charge in [0.15, 0.2) is 0 Å². The molecule has 1 saturated carbocycles. The Labute approximate surface area is 155 Å². The molecule has 1 aromatic carbocycles. The third kappa shape index (κ3) is 5.37. The van der Waals surface area contributed by atoms with Crippen LogP contribution in [-0.4, -0.2) is 18.4 Å². The number of alkyl halides is 3. The minimum atomic E-state index is -4.51. The Morgan fingerprint density at radius 3 is 2.23 bits per heavy atom. The molecule has 0 bridgehead atoms. The van der Waals surface area contributed by atoms with Crippen LogP contribution in [0.25, 0.3) is 0 Å². The molecule has 0 radical (unpaired) electrons. The van der Waals surface area contributed by atoms with Crippen molar-refractivity contribution in [3.63, 3.8) is 0 Å². The predicted molar refractivity (Wildman–Crippen MR) is 93.8 cm³/mol. The normalized spacial score (nSPS) is 20.5. The maximum Gasteiger partial charge on any atom is 0.416 e. The Morgan fingerprint density at radius 1 is 1.12 bits per heavy atom. The van der Waals surface area contributed by atoms with Crippen molar-refractivity contribution in [1.82, 2.24) is 5.32 Å². The van der Waals surface area contributed by atoms with E-state index in [-0.39, 0.29) is 34.4 Å². The van der Waals surface area contributed by atoms with E-state index in [1.165, 1.54) is 0 Å². The van der Waals surface area contributed by atoms with E-state index in [0.29, 0.717) is 32.2 Å². The number of anilines is 1. The van der Waals surface area contributed by atoms with Crippen molar-refractivity contribution in [2.45, 2.75) is 45.2 Å². The van der Waals surface area contributed by atoms with Crippen LogP contribution in [0.1, 0.15) is 44.6 Å². The second-order valence-electron chi connectivity index (χ2n) is 6.52. The van der Waals surface area contributed by atoms with Gasteiger partial charge in [0.1, 0.15) is 0 Å². The van der Waals surface area contributed by atoms with Gasteiger partial charge in [-0.3, -0.25) is 9.59 Å². The van der Waals surface area contributed by atoms with E-state index < -0.39 is 11.7 Å². The van der Waals surface area contributed by atoms with Crippen molar-refractivity contribution in [2.75, 3.05) is 11.9 Å². The van der Waals surface area contributed by atoms with Crippen LogP contribution in [0, 0.1) is 11.8 Å². The van der Waals surface area contributed by atoms with Gasteiger partial charge in [-0.05, 0) is 50.3 Å². The number of amides is 2. The molecule has 2 N–H and O–H groups in total. The largest absolute Gasteiger partial charge is 0.416 e. The Hall–Kier alpha value is -1.76. The molecule has 0 heterocycles. The summed E-state index contributed by atoms with van der Waals surface area (Å²) >= 11 is 5.91. The molecule has 1 aromatic rings. The summed E-state index contributed by atoms with van der Waals surface area (Å²) in [5.74, 6) is -0.802. The van der Waals surface area contributed by atoms with Crippen LogP contribution in [0.15, 0.2) is 18.2 Å². The molecule has 1 aliphatic carbocycles. The Balaban J connectivity index is 1.94. The second-order valence-corrected chi connectivity index (χ2v) is 6.93. The van der Waals surface area contributed by atoms with E-state index in [2.05, 4.69) is 10.6 Å². The van der Waals surface area contributed by atoms with E-state index in [1.54, 1.807) is 0 Å². The van der Waals surface area contributed by atoms with Crippen LogP contribution in [0.2, 0.25) is 5.02 Å². The van der Waals surface area contributed by atoms with E-state index in [9.17, 15) is 22.8 Å². The van der Waals surface area contributed by atoms with E-state index in [0.717, 1.165) is 24.6 Å². The quantitative estimate of drug-likeness (QED) is 0.770. The van der Waals surface area contributed by atoms with Gasteiger partial charge in [-0.25, -0.2) is 0 Å². The number of benzene rings is 1. The van der Waals surface area contributed by atoms with E-state index >= 15 is 0 Å². The maximum absolute atomic E-state index is 12.8. The molecule has 0 aliphatic heterocycles. The summed E-state index contributed by atoms with van der Waals surface area (Å²) in [5, 5.41) is 5.40. The Bertz CT molecular complexity index is 656. The van der Waals surface area contributed by atoms with Crippen LogP contribution in [0.3, 0.4) is 0 Å². The fourth-order valence-electron chi connectivity index (χ4n) is 3.04. The lowest BCUT2D eigenvalue weighted by molar-refractivity contribution is -0.137. The molecule has 0 spiro atoms. The second kappa shape index (κ2) is 8.75. The van der Waals surface area contributed by atoms with Crippen LogP contribution in [-0.2, 0) is 15.8 Å². The van der Waals surface area contributed by atoms with Gasteiger partial charge in [0.05, 0.1) is 16.3 Å². The summed E-state index contributed by atoms with van der Waals surface area (Å²) in [6.07, 6.45) is -1.43. The Kier molecular flexibility index (Phi) is 6.92. The SMILES string of the molecule is CCCNC(=O)C1CCC(C(=O)Nc2cc(C(F)(F)F)ccc2Cl)CC1. The highest BCUT2D eigenvalue weighted by molar-refractivity contribution is 6.33. The van der Waals surface area contributed by atoms with Crippen molar-refractivity contribution in [3.05, 3.63) is 28.8 Å². The van der Waals surface area contributed by atoms with Gasteiger partial charge < -0.3 is 10.6 Å². The molecule has 0 aromatic heterocycles. The summed E-state index contributed by atoms with van der Waals surface area (Å²) in [6.45, 7) is 2.60. The summed E-state index contributed by atoms with van der Waals surface area (Å²) in [7, 11) is 0. The fraction of sp³-hybridized carbons (Fsp3) is 0.556. The molecule has 4 nitrogen and oxygen atoms in total. The van der Waals surface area contributed by atoms with Gasteiger partial charge in [-0.15, -0.1) is 0 Å². The van der Waals surface area contributed by atoms with E-state index in [1.807, 2.05) is 6.92 Å². The van der Waals surface area contributed by atoms with Crippen molar-refractivity contribution in [3.8, 4) is 0 Å². The maximum atomic E-state index is 12.8. The first-order valence-electron chi connectivity index (χ1n) is 8.67. The average Bonchev–Trinajstić information content (AvgIpc) is 2.60. The molecule has 0 unspecified atom stereocenters. The third-order valence-electron chi connectivity index (χ3n) is 4.57. The highest BCUT2D eigenvalue weighted by atomic mass is 35.5.